The first-order valence-electron chi connectivity index (χ1n) is 5.70. The average molecular weight is 340 g/mol. The fourth-order valence-electron chi connectivity index (χ4n) is 2.60. The largest absolute Gasteiger partial charge is 1.00 e. The third kappa shape index (κ3) is 2.61. The zero-order chi connectivity index (χ0) is 15.5. The van der Waals surface area contributed by atoms with E-state index in [2.05, 4.69) is 9.38 Å². The van der Waals surface area contributed by atoms with Crippen molar-refractivity contribution < 1.29 is 61.5 Å². The van der Waals surface area contributed by atoms with Crippen molar-refractivity contribution in [1.29, 1.82) is 0 Å². The summed E-state index contributed by atoms with van der Waals surface area (Å²) in [5.41, 5.74) is 0.390. The first-order chi connectivity index (χ1) is 9.69. The fraction of sp³-hybridized carbons (Fsp3) is 0.444. The maximum absolute atomic E-state index is 12.1. The summed E-state index contributed by atoms with van der Waals surface area (Å²) in [6.45, 7) is -0.119. The molecular weight excluding hydrogens is 331 g/mol. The predicted molar refractivity (Wildman–Crippen MR) is 60.3 cm³/mol. The van der Waals surface area contributed by atoms with Gasteiger partial charge in [0.2, 0.25) is 0 Å². The Morgan fingerprint density at radius 3 is 2.73 bits per heavy atom. The SMILES string of the molecule is Cn1cc2c(n1)C(C(=O)[O-])N1CC2N(OS(=O)(=O)O)C1=O.[Na+]. The number of carboxylic acid groups (broad SMARTS) is 1. The molecule has 2 atom stereocenters. The molecule has 2 bridgehead atoms. The van der Waals surface area contributed by atoms with E-state index in [1.54, 1.807) is 7.05 Å². The summed E-state index contributed by atoms with van der Waals surface area (Å²) in [6, 6.07) is -3.34. The van der Waals surface area contributed by atoms with Gasteiger partial charge in [0.25, 0.3) is 0 Å². The summed E-state index contributed by atoms with van der Waals surface area (Å²) in [5, 5.41) is 15.7. The van der Waals surface area contributed by atoms with Gasteiger partial charge in [-0.1, -0.05) is 0 Å². The van der Waals surface area contributed by atoms with E-state index in [9.17, 15) is 23.1 Å². The molecule has 11 nitrogen and oxygen atoms in total. The molecule has 0 radical (unpaired) electrons. The van der Waals surface area contributed by atoms with E-state index in [1.165, 1.54) is 10.9 Å². The quantitative estimate of drug-likeness (QED) is 0.424. The van der Waals surface area contributed by atoms with Crippen molar-refractivity contribution in [2.45, 2.75) is 12.1 Å². The van der Waals surface area contributed by atoms with Crippen LogP contribution in [0.2, 0.25) is 0 Å². The van der Waals surface area contributed by atoms with E-state index in [0.29, 0.717) is 10.6 Å². The van der Waals surface area contributed by atoms with E-state index >= 15 is 0 Å². The van der Waals surface area contributed by atoms with Gasteiger partial charge in [0.1, 0.15) is 12.1 Å². The number of aliphatic carboxylic acids is 1. The van der Waals surface area contributed by atoms with Crippen molar-refractivity contribution in [3.8, 4) is 0 Å². The molecular formula is C9H9N4NaO7S. The van der Waals surface area contributed by atoms with E-state index in [-0.39, 0.29) is 41.8 Å². The Morgan fingerprint density at radius 2 is 2.18 bits per heavy atom. The Bertz CT molecular complexity index is 747. The Balaban J connectivity index is 0.00000176. The van der Waals surface area contributed by atoms with Gasteiger partial charge in [-0.2, -0.15) is 18.6 Å². The zero-order valence-electron chi connectivity index (χ0n) is 11.5. The Kier molecular flexibility index (Phi) is 4.27. The van der Waals surface area contributed by atoms with E-state index in [1.807, 2.05) is 0 Å². The van der Waals surface area contributed by atoms with Crippen LogP contribution in [0.3, 0.4) is 0 Å². The summed E-state index contributed by atoms with van der Waals surface area (Å²) in [7, 11) is -3.38. The monoisotopic (exact) mass is 340 g/mol. The third-order valence-corrected chi connectivity index (χ3v) is 3.65. The summed E-state index contributed by atoms with van der Waals surface area (Å²) in [6.07, 6.45) is 1.45. The fourth-order valence-corrected chi connectivity index (χ4v) is 2.97. The molecule has 3 heterocycles. The number of aromatic nitrogens is 2. The smallest absolute Gasteiger partial charge is 0.547 e. The summed E-state index contributed by atoms with van der Waals surface area (Å²) < 4.78 is 36.0. The molecule has 1 aromatic rings. The van der Waals surface area contributed by atoms with Crippen LogP contribution in [-0.4, -0.2) is 51.3 Å². The van der Waals surface area contributed by atoms with Gasteiger partial charge in [0.05, 0.1) is 18.2 Å². The molecule has 1 aromatic heterocycles. The van der Waals surface area contributed by atoms with Gasteiger partial charge in [0.15, 0.2) is 0 Å². The number of nitrogens with zero attached hydrogens (tertiary/aromatic N) is 4. The predicted octanol–water partition coefficient (Wildman–Crippen LogP) is -5.26. The molecule has 0 aromatic carbocycles. The normalized spacial score (nSPS) is 23.3. The molecule has 3 rings (SSSR count). The second kappa shape index (κ2) is 5.47. The van der Waals surface area contributed by atoms with E-state index in [4.69, 9.17) is 4.55 Å². The molecule has 2 aliphatic rings. The van der Waals surface area contributed by atoms with Crippen LogP contribution in [0.4, 0.5) is 4.79 Å². The molecule has 13 heteroatoms. The first-order valence-corrected chi connectivity index (χ1v) is 7.06. The minimum atomic E-state index is -4.92. The second-order valence-electron chi connectivity index (χ2n) is 4.64. The molecule has 22 heavy (non-hydrogen) atoms. The van der Waals surface area contributed by atoms with Gasteiger partial charge in [-0.25, -0.2) is 4.79 Å². The zero-order valence-corrected chi connectivity index (χ0v) is 14.3. The number of urea groups is 1. The van der Waals surface area contributed by atoms with Crippen LogP contribution >= 0.6 is 0 Å². The van der Waals surface area contributed by atoms with Crippen LogP contribution in [0.25, 0.3) is 0 Å². The molecule has 2 aliphatic heterocycles. The van der Waals surface area contributed by atoms with Crippen molar-refractivity contribution >= 4 is 22.4 Å². The Hall–Kier alpha value is -1.18. The van der Waals surface area contributed by atoms with Crippen LogP contribution in [-0.2, 0) is 26.5 Å². The Morgan fingerprint density at radius 1 is 1.55 bits per heavy atom. The average Bonchev–Trinajstić information content (AvgIpc) is 2.82. The maximum atomic E-state index is 12.1. The second-order valence-corrected chi connectivity index (χ2v) is 5.65. The van der Waals surface area contributed by atoms with Crippen molar-refractivity contribution in [3.63, 3.8) is 0 Å². The molecule has 0 aliphatic carbocycles. The van der Waals surface area contributed by atoms with Crippen molar-refractivity contribution in [2.75, 3.05) is 6.54 Å². The topological polar surface area (TPSA) is 145 Å². The summed E-state index contributed by atoms with van der Waals surface area (Å²) >= 11 is 0. The van der Waals surface area contributed by atoms with Gasteiger partial charge in [-0.3, -0.25) is 9.23 Å². The van der Waals surface area contributed by atoms with E-state index < -0.39 is 34.5 Å². The van der Waals surface area contributed by atoms with Gasteiger partial charge < -0.3 is 14.8 Å². The van der Waals surface area contributed by atoms with Crippen molar-refractivity contribution in [2.24, 2.45) is 7.05 Å². The standard InChI is InChI=1S/C9H10N4O7S.Na/c1-11-2-4-5-3-12(7(8(14)15)6(4)10-11)9(16)13(5)20-21(17,18)19;/h2,5,7H,3H2,1H3,(H,14,15)(H,17,18,19);/q;+1/p-1. The number of amides is 2. The van der Waals surface area contributed by atoms with Crippen molar-refractivity contribution in [3.05, 3.63) is 17.5 Å². The minimum absolute atomic E-state index is 0. The number of carboxylic acids is 1. The summed E-state index contributed by atoms with van der Waals surface area (Å²) in [4.78, 5) is 24.2. The number of hydrogen-bond donors (Lipinski definition) is 1. The minimum Gasteiger partial charge on any atom is -0.547 e. The van der Waals surface area contributed by atoms with Crippen LogP contribution < -0.4 is 34.7 Å². The van der Waals surface area contributed by atoms with Crippen LogP contribution in [0.15, 0.2) is 6.20 Å². The van der Waals surface area contributed by atoms with Gasteiger partial charge in [-0.15, -0.1) is 4.28 Å². The number of rotatable bonds is 3. The molecule has 0 saturated carbocycles. The molecule has 0 spiro atoms. The number of carbonyl (C=O) groups excluding carboxylic acids is 2. The molecule has 2 amide bonds. The van der Waals surface area contributed by atoms with Crippen molar-refractivity contribution in [1.82, 2.24) is 19.7 Å². The summed E-state index contributed by atoms with van der Waals surface area (Å²) in [5.74, 6) is -1.55. The molecule has 1 fully saturated rings. The molecule has 114 valence electrons. The van der Waals surface area contributed by atoms with E-state index in [0.717, 1.165) is 4.90 Å². The molecule has 1 saturated heterocycles. The van der Waals surface area contributed by atoms with Crippen LogP contribution in [0.5, 0.6) is 0 Å². The van der Waals surface area contributed by atoms with Crippen LogP contribution in [0.1, 0.15) is 23.3 Å². The number of hydroxylamine groups is 2. The number of carbonyl (C=O) groups is 2. The third-order valence-electron chi connectivity index (χ3n) is 3.30. The molecule has 1 N–H and O–H groups in total. The van der Waals surface area contributed by atoms with Crippen LogP contribution in [0, 0.1) is 0 Å². The Labute approximate surface area is 146 Å². The van der Waals surface area contributed by atoms with Gasteiger partial charge >= 0.3 is 46.0 Å². The molecule has 2 unspecified atom stereocenters. The van der Waals surface area contributed by atoms with Gasteiger partial charge in [0, 0.05) is 18.8 Å². The number of hydrogen-bond acceptors (Lipinski definition) is 7. The first kappa shape index (κ1) is 17.2. The number of fused-ring (bicyclic) bond motifs is 4. The number of aryl methyl sites for hydroxylation is 1. The van der Waals surface area contributed by atoms with Gasteiger partial charge in [-0.05, 0) is 0 Å². The maximum Gasteiger partial charge on any atom is 1.00 e.